The van der Waals surface area contributed by atoms with Gasteiger partial charge in [0.15, 0.2) is 0 Å². The molecule has 4 atom stereocenters. The Balaban J connectivity index is 1.44. The van der Waals surface area contributed by atoms with Crippen LogP contribution in [0.3, 0.4) is 0 Å². The van der Waals surface area contributed by atoms with E-state index in [0.29, 0.717) is 23.1 Å². The van der Waals surface area contributed by atoms with Crippen molar-refractivity contribution in [2.24, 2.45) is 0 Å². The third-order valence-corrected chi connectivity index (χ3v) is 7.68. The topological polar surface area (TPSA) is 49.8 Å². The number of aromatic nitrogens is 1. The van der Waals surface area contributed by atoms with Crippen LogP contribution in [0.5, 0.6) is 0 Å². The first-order valence-corrected chi connectivity index (χ1v) is 12.9. The second kappa shape index (κ2) is 10.3. The number of hydrogen-bond acceptors (Lipinski definition) is 2. The van der Waals surface area contributed by atoms with Crippen LogP contribution in [0.1, 0.15) is 31.2 Å². The normalized spacial score (nSPS) is 20.6. The van der Waals surface area contributed by atoms with E-state index in [2.05, 4.69) is 28.8 Å². The summed E-state index contributed by atoms with van der Waals surface area (Å²) in [4.78, 5) is 1.25. The molecule has 0 saturated heterocycles. The minimum Gasteiger partial charge on any atom is -0.387 e. The predicted molar refractivity (Wildman–Crippen MR) is 140 cm³/mol. The number of halogens is 2. The predicted octanol–water partition coefficient (Wildman–Crippen LogP) is 4.85. The molecule has 1 saturated carbocycles. The van der Waals surface area contributed by atoms with Gasteiger partial charge in [-0.25, -0.2) is 0 Å². The van der Waals surface area contributed by atoms with Gasteiger partial charge in [-0.15, -0.1) is 0 Å². The minimum atomic E-state index is -0.571. The van der Waals surface area contributed by atoms with E-state index in [-0.39, 0.29) is 12.1 Å². The van der Waals surface area contributed by atoms with Crippen LogP contribution in [0.15, 0.2) is 66.7 Å². The number of aliphatic hydroxyl groups is 2. The number of rotatable bonds is 7. The molecule has 0 aliphatic heterocycles. The summed E-state index contributed by atoms with van der Waals surface area (Å²) in [5, 5.41) is 25.6. The number of aliphatic hydroxyl groups excluding tert-OH is 2. The lowest BCUT2D eigenvalue weighted by Gasteiger charge is -2.36. The van der Waals surface area contributed by atoms with E-state index in [9.17, 15) is 10.2 Å². The fourth-order valence-corrected chi connectivity index (χ4v) is 5.97. The molecule has 0 radical (unpaired) electrons. The van der Waals surface area contributed by atoms with Crippen LogP contribution in [0, 0.1) is 0 Å². The van der Waals surface area contributed by atoms with Crippen molar-refractivity contribution < 1.29 is 15.1 Å². The Labute approximate surface area is 210 Å². The first-order chi connectivity index (χ1) is 16.5. The van der Waals surface area contributed by atoms with Gasteiger partial charge in [-0.3, -0.25) is 0 Å². The third-order valence-electron chi connectivity index (χ3n) is 7.21. The standard InChI is InChI=1S/C28H30Cl2N2O2/c29-20-10-12-25-23(14-20)24-15-21(30)11-13-26(24)32(25)18-22(33)17-31(16-19-6-2-1-3-7-19)27-8-4-5-9-28(27)34/h1-3,6-7,10-15,22,27-28,33-34H,4-5,8-9,16-18H2/p+1/t22-,27+,28-/m0/s1. The van der Waals surface area contributed by atoms with Crippen LogP contribution < -0.4 is 4.90 Å². The molecule has 178 valence electrons. The molecule has 34 heavy (non-hydrogen) atoms. The Morgan fingerprint density at radius 3 is 2.12 bits per heavy atom. The van der Waals surface area contributed by atoms with Crippen molar-refractivity contribution in [3.05, 3.63) is 82.3 Å². The van der Waals surface area contributed by atoms with Crippen LogP contribution in [0.4, 0.5) is 0 Å². The van der Waals surface area contributed by atoms with Gasteiger partial charge in [-0.05, 0) is 49.2 Å². The summed E-state index contributed by atoms with van der Waals surface area (Å²) in [6.07, 6.45) is 3.14. The lowest BCUT2D eigenvalue weighted by molar-refractivity contribution is -0.946. The average Bonchev–Trinajstić information content (AvgIpc) is 3.11. The van der Waals surface area contributed by atoms with Crippen molar-refractivity contribution in [3.63, 3.8) is 0 Å². The van der Waals surface area contributed by atoms with Gasteiger partial charge < -0.3 is 19.7 Å². The van der Waals surface area contributed by atoms with Gasteiger partial charge in [0.05, 0.1) is 6.54 Å². The van der Waals surface area contributed by atoms with E-state index in [1.165, 1.54) is 10.5 Å². The molecule has 0 bridgehead atoms. The summed E-state index contributed by atoms with van der Waals surface area (Å²) in [5.74, 6) is 0. The van der Waals surface area contributed by atoms with Gasteiger partial charge in [-0.2, -0.15) is 0 Å². The van der Waals surface area contributed by atoms with E-state index in [0.717, 1.165) is 54.0 Å². The monoisotopic (exact) mass is 497 g/mol. The molecule has 0 spiro atoms. The lowest BCUT2D eigenvalue weighted by Crippen LogP contribution is -3.17. The first-order valence-electron chi connectivity index (χ1n) is 12.1. The molecule has 4 aromatic rings. The van der Waals surface area contributed by atoms with E-state index in [1.807, 2.05) is 42.5 Å². The maximum Gasteiger partial charge on any atom is 0.121 e. The van der Waals surface area contributed by atoms with Crippen molar-refractivity contribution in [3.8, 4) is 0 Å². The second-order valence-corrected chi connectivity index (χ2v) is 10.4. The summed E-state index contributed by atoms with van der Waals surface area (Å²) >= 11 is 12.6. The molecular weight excluding hydrogens is 467 g/mol. The zero-order valence-electron chi connectivity index (χ0n) is 19.1. The van der Waals surface area contributed by atoms with Crippen LogP contribution in [-0.4, -0.2) is 39.6 Å². The zero-order chi connectivity index (χ0) is 23.7. The van der Waals surface area contributed by atoms with Crippen LogP contribution in [-0.2, 0) is 13.1 Å². The molecule has 1 unspecified atom stereocenters. The fourth-order valence-electron chi connectivity index (χ4n) is 5.62. The van der Waals surface area contributed by atoms with Crippen molar-refractivity contribution in [2.75, 3.05) is 6.54 Å². The quantitative estimate of drug-likeness (QED) is 0.341. The molecule has 1 aromatic heterocycles. The highest BCUT2D eigenvalue weighted by Crippen LogP contribution is 2.33. The molecule has 6 heteroatoms. The molecule has 1 fully saturated rings. The molecule has 3 aromatic carbocycles. The number of hydrogen-bond donors (Lipinski definition) is 3. The first kappa shape index (κ1) is 23.7. The van der Waals surface area contributed by atoms with Crippen LogP contribution in [0.25, 0.3) is 21.8 Å². The van der Waals surface area contributed by atoms with Crippen molar-refractivity contribution >= 4 is 45.0 Å². The van der Waals surface area contributed by atoms with Crippen molar-refractivity contribution in [1.82, 2.24) is 4.57 Å². The summed E-state index contributed by atoms with van der Waals surface area (Å²) in [5.41, 5.74) is 3.29. The molecule has 5 rings (SSSR count). The zero-order valence-corrected chi connectivity index (χ0v) is 20.6. The highest BCUT2D eigenvalue weighted by Gasteiger charge is 2.33. The van der Waals surface area contributed by atoms with Crippen LogP contribution in [0.2, 0.25) is 10.0 Å². The maximum absolute atomic E-state index is 11.3. The van der Waals surface area contributed by atoms with E-state index in [4.69, 9.17) is 23.2 Å². The highest BCUT2D eigenvalue weighted by molar-refractivity contribution is 6.33. The molecule has 1 aliphatic carbocycles. The van der Waals surface area contributed by atoms with Gasteiger partial charge in [-0.1, -0.05) is 60.0 Å². The number of nitrogens with one attached hydrogen (secondary N) is 1. The molecule has 1 heterocycles. The summed E-state index contributed by atoms with van der Waals surface area (Å²) < 4.78 is 2.17. The second-order valence-electron chi connectivity index (χ2n) is 9.57. The van der Waals surface area contributed by atoms with E-state index >= 15 is 0 Å². The van der Waals surface area contributed by atoms with Gasteiger partial charge >= 0.3 is 0 Å². The summed E-state index contributed by atoms with van der Waals surface area (Å²) in [6.45, 7) is 1.82. The number of quaternary nitrogens is 1. The average molecular weight is 498 g/mol. The Morgan fingerprint density at radius 1 is 0.882 bits per heavy atom. The lowest BCUT2D eigenvalue weighted by atomic mass is 9.90. The molecule has 1 aliphatic rings. The SMILES string of the molecule is O[C@H](Cn1c2ccc(Cl)cc2c2cc(Cl)ccc21)C[NH+](Cc1ccccc1)[C@@H]1CCCC[C@@H]1O. The Kier molecular flexibility index (Phi) is 7.14. The maximum atomic E-state index is 11.3. The summed E-state index contributed by atoms with van der Waals surface area (Å²) in [7, 11) is 0. The smallest absolute Gasteiger partial charge is 0.121 e. The van der Waals surface area contributed by atoms with Crippen molar-refractivity contribution in [1.29, 1.82) is 0 Å². The highest BCUT2D eigenvalue weighted by atomic mass is 35.5. The molecule has 4 nitrogen and oxygen atoms in total. The van der Waals surface area contributed by atoms with Crippen LogP contribution >= 0.6 is 23.2 Å². The van der Waals surface area contributed by atoms with E-state index in [1.54, 1.807) is 0 Å². The van der Waals surface area contributed by atoms with Gasteiger partial charge in [0.1, 0.15) is 31.3 Å². The van der Waals surface area contributed by atoms with Gasteiger partial charge in [0, 0.05) is 43.8 Å². The fraction of sp³-hybridized carbons (Fsp3) is 0.357. The number of fused-ring (bicyclic) bond motifs is 3. The molecular formula is C28H31Cl2N2O2+. The molecule has 3 N–H and O–H groups in total. The van der Waals surface area contributed by atoms with Gasteiger partial charge in [0.25, 0.3) is 0 Å². The Morgan fingerprint density at radius 2 is 1.50 bits per heavy atom. The Bertz CT molecular complexity index is 1210. The number of benzene rings is 3. The van der Waals surface area contributed by atoms with Gasteiger partial charge in [0.2, 0.25) is 0 Å². The van der Waals surface area contributed by atoms with Crippen molar-refractivity contribution in [2.45, 2.75) is 57.0 Å². The summed E-state index contributed by atoms with van der Waals surface area (Å²) in [6, 6.07) is 22.2. The van der Waals surface area contributed by atoms with E-state index < -0.39 is 6.10 Å². The largest absolute Gasteiger partial charge is 0.387 e. The minimum absolute atomic E-state index is 0.138. The third kappa shape index (κ3) is 4.98. The number of nitrogens with zero attached hydrogens (tertiary/aromatic N) is 1. The molecule has 0 amide bonds. The Hall–Kier alpha value is -2.08.